The Balaban J connectivity index is 1.50. The second kappa shape index (κ2) is 15.9. The van der Waals surface area contributed by atoms with Crippen LogP contribution in [-0.4, -0.2) is 84.4 Å². The van der Waals surface area contributed by atoms with Crippen molar-refractivity contribution in [3.63, 3.8) is 0 Å². The molecule has 0 aromatic heterocycles. The third-order valence-electron chi connectivity index (χ3n) is 8.30. The summed E-state index contributed by atoms with van der Waals surface area (Å²) in [5.74, 6) is -1.12. The van der Waals surface area contributed by atoms with Crippen LogP contribution in [0.25, 0.3) is 0 Å². The Morgan fingerprint density at radius 2 is 1.19 bits per heavy atom. The van der Waals surface area contributed by atoms with Crippen molar-refractivity contribution in [3.05, 3.63) is 71.3 Å². The minimum atomic E-state index is -1.78. The van der Waals surface area contributed by atoms with Crippen LogP contribution in [0.3, 0.4) is 0 Å². The number of aliphatic hydroxyl groups excluding tert-OH is 1. The number of hydrogen-bond donors (Lipinski definition) is 2. The van der Waals surface area contributed by atoms with Gasteiger partial charge in [0.15, 0.2) is 0 Å². The lowest BCUT2D eigenvalue weighted by Gasteiger charge is -2.34. The first-order valence-electron chi connectivity index (χ1n) is 15.5. The molecule has 12 heteroatoms. The molecule has 2 aliphatic carbocycles. The van der Waals surface area contributed by atoms with Crippen molar-refractivity contribution in [1.82, 2.24) is 0 Å². The Morgan fingerprint density at radius 3 is 1.70 bits per heavy atom. The van der Waals surface area contributed by atoms with Gasteiger partial charge in [-0.05, 0) is 55.0 Å². The summed E-state index contributed by atoms with van der Waals surface area (Å²) in [4.78, 5) is 49.7. The van der Waals surface area contributed by atoms with Crippen molar-refractivity contribution in [1.29, 1.82) is 0 Å². The zero-order chi connectivity index (χ0) is 34.1. The van der Waals surface area contributed by atoms with Crippen LogP contribution in [0.15, 0.2) is 60.2 Å². The summed E-state index contributed by atoms with van der Waals surface area (Å²) in [7, 11) is 3.03. The standard InChI is InChI=1S/C35H42O12/c1-21(36)44-29-15-23(5-10-28(16-29)46-33(39)24-6-11-26(42-3)12-7-24)19-35(41)20-31(45-22(2)37)17-30(18-32(35)38)47-34(40)25-8-13-27(43-4)14-9-25/h5-9,11-14,28-32,38,41H,10,15-20H2,1-4H3/t28-,29+,30-,31+,32-,35+/m0/s1. The second-order valence-corrected chi connectivity index (χ2v) is 12.0. The van der Waals surface area contributed by atoms with Crippen LogP contribution in [0.5, 0.6) is 11.5 Å². The van der Waals surface area contributed by atoms with Crippen LogP contribution >= 0.6 is 0 Å². The van der Waals surface area contributed by atoms with Crippen molar-refractivity contribution < 1.29 is 57.8 Å². The topological polar surface area (TPSA) is 164 Å². The lowest BCUT2D eigenvalue weighted by Crippen LogP contribution is -2.45. The zero-order valence-corrected chi connectivity index (χ0v) is 27.0. The SMILES string of the molecule is COc1ccc(C(=O)O[C@H]2CC=C(C[C@@]3(O)C[C@H](OC(C)=O)C[C@H](OC(=O)c4ccc(OC)cc4)C[C@@H]3O)C[C@@H](OC(C)=O)C2)cc1. The number of rotatable bonds is 10. The molecule has 2 aromatic carbocycles. The third kappa shape index (κ3) is 10.0. The molecule has 0 saturated heterocycles. The molecule has 12 nitrogen and oxygen atoms in total. The molecule has 1 saturated carbocycles. The Hall–Kier alpha value is -4.42. The van der Waals surface area contributed by atoms with Crippen LogP contribution in [0.2, 0.25) is 0 Å². The molecular weight excluding hydrogens is 612 g/mol. The lowest BCUT2D eigenvalue weighted by atomic mass is 9.83. The van der Waals surface area contributed by atoms with Gasteiger partial charge in [0.2, 0.25) is 0 Å². The summed E-state index contributed by atoms with van der Waals surface area (Å²) in [5.41, 5.74) is -0.520. The van der Waals surface area contributed by atoms with Gasteiger partial charge in [0.05, 0.1) is 37.1 Å². The van der Waals surface area contributed by atoms with E-state index in [1.807, 2.05) is 6.08 Å². The molecule has 0 aliphatic heterocycles. The van der Waals surface area contributed by atoms with Gasteiger partial charge in [0, 0.05) is 52.4 Å². The summed E-state index contributed by atoms with van der Waals surface area (Å²) >= 11 is 0. The number of aliphatic hydroxyl groups is 2. The van der Waals surface area contributed by atoms with Gasteiger partial charge in [0.25, 0.3) is 0 Å². The summed E-state index contributed by atoms with van der Waals surface area (Å²) in [5, 5.41) is 23.2. The Bertz CT molecular complexity index is 1430. The van der Waals surface area contributed by atoms with Gasteiger partial charge in [0.1, 0.15) is 35.9 Å². The summed E-state index contributed by atoms with van der Waals surface area (Å²) in [6, 6.07) is 12.8. The number of ether oxygens (including phenoxy) is 6. The molecular formula is C35H42O12. The maximum Gasteiger partial charge on any atom is 0.338 e. The predicted octanol–water partition coefficient (Wildman–Crippen LogP) is 4.09. The number of hydrogen-bond acceptors (Lipinski definition) is 12. The Morgan fingerprint density at radius 1 is 0.702 bits per heavy atom. The molecule has 2 aromatic rings. The molecule has 0 spiro atoms. The minimum absolute atomic E-state index is 0.0536. The van der Waals surface area contributed by atoms with Gasteiger partial charge >= 0.3 is 23.9 Å². The number of esters is 4. The smallest absolute Gasteiger partial charge is 0.338 e. The fourth-order valence-electron chi connectivity index (χ4n) is 6.08. The lowest BCUT2D eigenvalue weighted by molar-refractivity contribution is -0.152. The Labute approximate surface area is 273 Å². The molecule has 254 valence electrons. The van der Waals surface area contributed by atoms with Gasteiger partial charge in [-0.2, -0.15) is 0 Å². The monoisotopic (exact) mass is 654 g/mol. The summed E-state index contributed by atoms with van der Waals surface area (Å²) in [6.07, 6.45) is -2.08. The first-order chi connectivity index (χ1) is 22.4. The first kappa shape index (κ1) is 35.4. The van der Waals surface area contributed by atoms with Crippen LogP contribution in [0, 0.1) is 0 Å². The molecule has 2 aliphatic rings. The first-order valence-corrected chi connectivity index (χ1v) is 15.5. The highest BCUT2D eigenvalue weighted by Gasteiger charge is 2.45. The molecule has 0 amide bonds. The van der Waals surface area contributed by atoms with Crippen LogP contribution in [-0.2, 0) is 28.5 Å². The molecule has 1 fully saturated rings. The number of methoxy groups -OCH3 is 2. The van der Waals surface area contributed by atoms with E-state index < -0.39 is 60.0 Å². The molecule has 47 heavy (non-hydrogen) atoms. The Kier molecular flexibility index (Phi) is 12.0. The van der Waals surface area contributed by atoms with Crippen LogP contribution in [0.1, 0.15) is 79.5 Å². The van der Waals surface area contributed by atoms with E-state index >= 15 is 0 Å². The highest BCUT2D eigenvalue weighted by Crippen LogP contribution is 2.38. The highest BCUT2D eigenvalue weighted by atomic mass is 16.6. The van der Waals surface area contributed by atoms with Gasteiger partial charge in [-0.3, -0.25) is 9.59 Å². The summed E-state index contributed by atoms with van der Waals surface area (Å²) < 4.78 is 32.8. The van der Waals surface area contributed by atoms with Crippen molar-refractivity contribution in [2.45, 2.75) is 94.9 Å². The average molecular weight is 655 g/mol. The number of benzene rings is 2. The normalized spacial score (nSPS) is 26.0. The molecule has 0 unspecified atom stereocenters. The van der Waals surface area contributed by atoms with Gasteiger partial charge < -0.3 is 38.6 Å². The third-order valence-corrected chi connectivity index (χ3v) is 8.30. The molecule has 6 atom stereocenters. The quantitative estimate of drug-likeness (QED) is 0.163. The van der Waals surface area contributed by atoms with E-state index in [9.17, 15) is 29.4 Å². The van der Waals surface area contributed by atoms with Crippen molar-refractivity contribution in [2.75, 3.05) is 14.2 Å². The minimum Gasteiger partial charge on any atom is -0.497 e. The van der Waals surface area contributed by atoms with E-state index in [2.05, 4.69) is 0 Å². The van der Waals surface area contributed by atoms with Crippen molar-refractivity contribution in [2.24, 2.45) is 0 Å². The van der Waals surface area contributed by atoms with E-state index in [1.54, 1.807) is 48.5 Å². The maximum absolute atomic E-state index is 12.9. The van der Waals surface area contributed by atoms with Crippen molar-refractivity contribution >= 4 is 23.9 Å². The maximum atomic E-state index is 12.9. The number of carbonyl (C=O) groups excluding carboxylic acids is 4. The summed E-state index contributed by atoms with van der Waals surface area (Å²) in [6.45, 7) is 2.52. The van der Waals surface area contributed by atoms with E-state index in [1.165, 1.54) is 28.1 Å². The largest absolute Gasteiger partial charge is 0.497 e. The highest BCUT2D eigenvalue weighted by molar-refractivity contribution is 5.90. The van der Waals surface area contributed by atoms with Gasteiger partial charge in [-0.15, -0.1) is 0 Å². The van der Waals surface area contributed by atoms with E-state index in [4.69, 9.17) is 28.4 Å². The predicted molar refractivity (Wildman–Crippen MR) is 167 cm³/mol. The van der Waals surface area contributed by atoms with Crippen molar-refractivity contribution in [3.8, 4) is 11.5 Å². The fraction of sp³-hybridized carbons (Fsp3) is 0.486. The zero-order valence-electron chi connectivity index (χ0n) is 27.0. The van der Waals surface area contributed by atoms with Gasteiger partial charge in [-0.1, -0.05) is 11.6 Å². The molecule has 0 bridgehead atoms. The molecule has 2 N–H and O–H groups in total. The number of carbonyl (C=O) groups is 4. The van der Waals surface area contributed by atoms with Crippen LogP contribution < -0.4 is 9.47 Å². The second-order valence-electron chi connectivity index (χ2n) is 12.0. The van der Waals surface area contributed by atoms with E-state index in [0.29, 0.717) is 22.6 Å². The molecule has 0 heterocycles. The van der Waals surface area contributed by atoms with Crippen LogP contribution in [0.4, 0.5) is 0 Å². The molecule has 4 rings (SSSR count). The average Bonchev–Trinajstić information content (AvgIpc) is 3.26. The fourth-order valence-corrected chi connectivity index (χ4v) is 6.08. The van der Waals surface area contributed by atoms with E-state index in [0.717, 1.165) is 0 Å². The molecule has 0 radical (unpaired) electrons. The van der Waals surface area contributed by atoms with E-state index in [-0.39, 0.29) is 50.5 Å². The van der Waals surface area contributed by atoms with Gasteiger partial charge in [-0.25, -0.2) is 9.59 Å².